The molecule has 7 heteroatoms. The molecule has 3 heterocycles. The molecule has 3 rings (SSSR count). The molecular formula is C15H26Cl2N4O. The van der Waals surface area contributed by atoms with Crippen molar-refractivity contribution in [1.82, 2.24) is 20.0 Å². The second-order valence-electron chi connectivity index (χ2n) is 6.45. The van der Waals surface area contributed by atoms with Crippen LogP contribution in [0, 0.1) is 5.92 Å². The number of hydrogen-bond donors (Lipinski definition) is 1. The van der Waals surface area contributed by atoms with Crippen LogP contribution in [-0.2, 0) is 18.4 Å². The van der Waals surface area contributed by atoms with E-state index in [1.165, 1.54) is 25.7 Å². The zero-order valence-electron chi connectivity index (χ0n) is 13.2. The molecule has 2 atom stereocenters. The van der Waals surface area contributed by atoms with Gasteiger partial charge in [-0.25, -0.2) is 0 Å². The number of nitrogens with zero attached hydrogens (tertiary/aromatic N) is 3. The van der Waals surface area contributed by atoms with Crippen molar-refractivity contribution < 1.29 is 4.79 Å². The lowest BCUT2D eigenvalue weighted by Gasteiger charge is -2.29. The van der Waals surface area contributed by atoms with Crippen molar-refractivity contribution in [1.29, 1.82) is 0 Å². The van der Waals surface area contributed by atoms with Gasteiger partial charge in [-0.2, -0.15) is 5.10 Å². The van der Waals surface area contributed by atoms with E-state index in [1.54, 1.807) is 4.68 Å². The van der Waals surface area contributed by atoms with Gasteiger partial charge in [-0.3, -0.25) is 9.48 Å². The van der Waals surface area contributed by atoms with E-state index in [1.807, 2.05) is 31.4 Å². The number of rotatable bonds is 4. The zero-order valence-corrected chi connectivity index (χ0v) is 14.8. The molecule has 22 heavy (non-hydrogen) atoms. The Morgan fingerprint density at radius 2 is 2.00 bits per heavy atom. The Bertz CT molecular complexity index is 482. The van der Waals surface area contributed by atoms with Crippen molar-refractivity contribution in [3.05, 3.63) is 18.0 Å². The number of carbonyl (C=O) groups is 1. The van der Waals surface area contributed by atoms with E-state index < -0.39 is 0 Å². The molecule has 1 N–H and O–H groups in total. The molecule has 2 saturated heterocycles. The van der Waals surface area contributed by atoms with Crippen LogP contribution >= 0.6 is 24.8 Å². The molecule has 2 bridgehead atoms. The first kappa shape index (κ1) is 19.3. The predicted octanol–water partition coefficient (Wildman–Crippen LogP) is 2.14. The Balaban J connectivity index is 0.00000121. The minimum atomic E-state index is 0. The van der Waals surface area contributed by atoms with Gasteiger partial charge in [0.1, 0.15) is 0 Å². The lowest BCUT2D eigenvalue weighted by molar-refractivity contribution is -0.131. The van der Waals surface area contributed by atoms with E-state index in [2.05, 4.69) is 10.4 Å². The van der Waals surface area contributed by atoms with Gasteiger partial charge in [0.25, 0.3) is 0 Å². The average Bonchev–Trinajstić information content (AvgIpc) is 2.95. The number of hydrogen-bond acceptors (Lipinski definition) is 3. The number of piperidine rings is 1. The summed E-state index contributed by atoms with van der Waals surface area (Å²) in [5.41, 5.74) is 1.09. The quantitative estimate of drug-likeness (QED) is 0.906. The smallest absolute Gasteiger partial charge is 0.222 e. The summed E-state index contributed by atoms with van der Waals surface area (Å²) in [5.74, 6) is 0.831. The van der Waals surface area contributed by atoms with Crippen molar-refractivity contribution in [2.45, 2.75) is 50.7 Å². The highest BCUT2D eigenvalue weighted by Gasteiger charge is 2.34. The third-order valence-corrected chi connectivity index (χ3v) is 4.64. The van der Waals surface area contributed by atoms with Crippen molar-refractivity contribution in [2.75, 3.05) is 7.05 Å². The Kier molecular flexibility index (Phi) is 7.16. The van der Waals surface area contributed by atoms with Gasteiger partial charge in [-0.15, -0.1) is 24.8 Å². The Morgan fingerprint density at radius 3 is 2.55 bits per heavy atom. The predicted molar refractivity (Wildman–Crippen MR) is 91.5 cm³/mol. The topological polar surface area (TPSA) is 50.2 Å². The second kappa shape index (κ2) is 8.18. The van der Waals surface area contributed by atoms with Crippen LogP contribution in [-0.4, -0.2) is 39.7 Å². The number of aryl methyl sites for hydroxylation is 1. The highest BCUT2D eigenvalue weighted by atomic mass is 35.5. The lowest BCUT2D eigenvalue weighted by atomic mass is 9.89. The fourth-order valence-electron chi connectivity index (χ4n) is 3.66. The van der Waals surface area contributed by atoms with Gasteiger partial charge >= 0.3 is 0 Å². The van der Waals surface area contributed by atoms with E-state index in [-0.39, 0.29) is 30.7 Å². The molecule has 0 aromatic carbocycles. The van der Waals surface area contributed by atoms with E-state index >= 15 is 0 Å². The van der Waals surface area contributed by atoms with Gasteiger partial charge in [0, 0.05) is 50.9 Å². The number of amides is 1. The largest absolute Gasteiger partial charge is 0.341 e. The summed E-state index contributed by atoms with van der Waals surface area (Å²) in [5, 5.41) is 7.77. The second-order valence-corrected chi connectivity index (χ2v) is 6.45. The molecule has 0 spiro atoms. The first-order valence-corrected chi connectivity index (χ1v) is 7.57. The summed E-state index contributed by atoms with van der Waals surface area (Å²) >= 11 is 0. The van der Waals surface area contributed by atoms with Crippen LogP contribution in [0.4, 0.5) is 0 Å². The molecule has 1 aromatic rings. The molecule has 1 aromatic heterocycles. The highest BCUT2D eigenvalue weighted by Crippen LogP contribution is 2.32. The lowest BCUT2D eigenvalue weighted by Crippen LogP contribution is -2.39. The van der Waals surface area contributed by atoms with Gasteiger partial charge in [-0.05, 0) is 31.6 Å². The van der Waals surface area contributed by atoms with Crippen LogP contribution in [0.3, 0.4) is 0 Å². The summed E-state index contributed by atoms with van der Waals surface area (Å²) in [6, 6.07) is 1.32. The molecule has 126 valence electrons. The molecule has 2 unspecified atom stereocenters. The van der Waals surface area contributed by atoms with Gasteiger partial charge in [-0.1, -0.05) is 0 Å². The van der Waals surface area contributed by atoms with Crippen LogP contribution in [0.25, 0.3) is 0 Å². The minimum absolute atomic E-state index is 0. The van der Waals surface area contributed by atoms with Crippen molar-refractivity contribution in [3.63, 3.8) is 0 Å². The van der Waals surface area contributed by atoms with Gasteiger partial charge in [0.2, 0.25) is 5.91 Å². The monoisotopic (exact) mass is 348 g/mol. The van der Waals surface area contributed by atoms with E-state index in [4.69, 9.17) is 0 Å². The van der Waals surface area contributed by atoms with E-state index in [9.17, 15) is 4.79 Å². The average molecular weight is 349 g/mol. The van der Waals surface area contributed by atoms with Crippen LogP contribution in [0.15, 0.2) is 12.4 Å². The van der Waals surface area contributed by atoms with Gasteiger partial charge in [0.05, 0.1) is 6.20 Å². The number of fused-ring (bicyclic) bond motifs is 2. The fourth-order valence-corrected chi connectivity index (χ4v) is 3.66. The van der Waals surface area contributed by atoms with Crippen LogP contribution in [0.1, 0.15) is 37.7 Å². The normalized spacial score (nSPS) is 26.0. The third-order valence-electron chi connectivity index (χ3n) is 4.64. The Hall–Kier alpha value is -0.780. The minimum Gasteiger partial charge on any atom is -0.341 e. The van der Waals surface area contributed by atoms with Gasteiger partial charge < -0.3 is 10.2 Å². The van der Waals surface area contributed by atoms with Gasteiger partial charge in [0.15, 0.2) is 0 Å². The molecule has 0 radical (unpaired) electrons. The first-order chi connectivity index (χ1) is 9.60. The third kappa shape index (κ3) is 4.61. The highest BCUT2D eigenvalue weighted by molar-refractivity contribution is 5.85. The van der Waals surface area contributed by atoms with Crippen molar-refractivity contribution >= 4 is 30.7 Å². The Morgan fingerprint density at radius 1 is 1.36 bits per heavy atom. The zero-order chi connectivity index (χ0) is 14.1. The van der Waals surface area contributed by atoms with Crippen LogP contribution in [0.2, 0.25) is 0 Å². The number of carbonyl (C=O) groups excluding carboxylic acids is 1. The molecule has 1 amide bonds. The molecule has 2 aliphatic heterocycles. The standard InChI is InChI=1S/C15H24N4O.2ClH/c1-18(9-12-8-16-19(2)10-12)15(20)7-11-5-13-3-4-14(6-11)17-13;;/h8,10-11,13-14,17H,3-7,9H2,1-2H3;2*1H. The maximum atomic E-state index is 12.3. The van der Waals surface area contributed by atoms with E-state index in [0.29, 0.717) is 31.0 Å². The number of halogens is 2. The summed E-state index contributed by atoms with van der Waals surface area (Å²) in [7, 11) is 3.79. The molecule has 5 nitrogen and oxygen atoms in total. The van der Waals surface area contributed by atoms with Crippen LogP contribution < -0.4 is 5.32 Å². The fraction of sp³-hybridized carbons (Fsp3) is 0.733. The summed E-state index contributed by atoms with van der Waals surface area (Å²) in [6.45, 7) is 0.657. The molecule has 2 fully saturated rings. The maximum Gasteiger partial charge on any atom is 0.222 e. The summed E-state index contributed by atoms with van der Waals surface area (Å²) < 4.78 is 1.78. The van der Waals surface area contributed by atoms with Crippen molar-refractivity contribution in [3.8, 4) is 0 Å². The molecule has 0 saturated carbocycles. The van der Waals surface area contributed by atoms with Crippen molar-refractivity contribution in [2.24, 2.45) is 13.0 Å². The first-order valence-electron chi connectivity index (χ1n) is 7.57. The number of nitrogens with one attached hydrogen (secondary N) is 1. The summed E-state index contributed by atoms with van der Waals surface area (Å²) in [6.07, 6.45) is 9.42. The Labute approximate surface area is 144 Å². The maximum absolute atomic E-state index is 12.3. The summed E-state index contributed by atoms with van der Waals surface area (Å²) in [4.78, 5) is 14.2. The van der Waals surface area contributed by atoms with E-state index in [0.717, 1.165) is 5.56 Å². The SMILES string of the molecule is CN(Cc1cnn(C)c1)C(=O)CC1CC2CCC(C1)N2.Cl.Cl. The molecular weight excluding hydrogens is 323 g/mol. The van der Waals surface area contributed by atoms with Crippen LogP contribution in [0.5, 0.6) is 0 Å². The molecule has 0 aliphatic carbocycles. The molecule has 2 aliphatic rings. The number of aromatic nitrogens is 2.